The van der Waals surface area contributed by atoms with Gasteiger partial charge in [0.05, 0.1) is 23.8 Å². The van der Waals surface area contributed by atoms with Gasteiger partial charge in [-0.3, -0.25) is 9.89 Å². The number of thioether (sulfide) groups is 1. The van der Waals surface area contributed by atoms with Gasteiger partial charge in [-0.25, -0.2) is 4.98 Å². The molecule has 26 heavy (non-hydrogen) atoms. The highest BCUT2D eigenvalue weighted by Crippen LogP contribution is 2.37. The van der Waals surface area contributed by atoms with E-state index in [9.17, 15) is 0 Å². The van der Waals surface area contributed by atoms with Crippen LogP contribution in [0.2, 0.25) is 0 Å². The van der Waals surface area contributed by atoms with Crippen LogP contribution >= 0.6 is 23.1 Å². The van der Waals surface area contributed by atoms with Crippen molar-refractivity contribution in [2.75, 3.05) is 44.7 Å². The van der Waals surface area contributed by atoms with Crippen molar-refractivity contribution in [3.05, 3.63) is 16.1 Å². The standard InChI is InChI=1S/C19H33N5S2/c1-4-20-18(23(3)13-17-14-26-16(2)22-17)21-15-19(7-5-6-8-19)24-9-11-25-12-10-24/h14H,4-13,15H2,1-3H3,(H,20,21). The molecule has 0 radical (unpaired) electrons. The lowest BCUT2D eigenvalue weighted by atomic mass is 9.95. The van der Waals surface area contributed by atoms with Crippen molar-refractivity contribution in [3.63, 3.8) is 0 Å². The third kappa shape index (κ3) is 4.93. The average Bonchev–Trinajstić information content (AvgIpc) is 3.29. The molecular formula is C19H33N5S2. The second-order valence-corrected chi connectivity index (χ2v) is 9.70. The third-order valence-electron chi connectivity index (χ3n) is 5.50. The van der Waals surface area contributed by atoms with Crippen LogP contribution in [0.15, 0.2) is 10.4 Å². The van der Waals surface area contributed by atoms with Gasteiger partial charge in [-0.05, 0) is 26.7 Å². The summed E-state index contributed by atoms with van der Waals surface area (Å²) in [5.41, 5.74) is 1.42. The molecule has 1 saturated heterocycles. The van der Waals surface area contributed by atoms with E-state index in [2.05, 4.69) is 58.1 Å². The Labute approximate surface area is 166 Å². The molecule has 1 saturated carbocycles. The van der Waals surface area contributed by atoms with Crippen LogP contribution in [0.25, 0.3) is 0 Å². The van der Waals surface area contributed by atoms with Gasteiger partial charge in [0.2, 0.25) is 0 Å². The van der Waals surface area contributed by atoms with Crippen LogP contribution in [-0.2, 0) is 6.54 Å². The van der Waals surface area contributed by atoms with Crippen LogP contribution in [0.1, 0.15) is 43.3 Å². The van der Waals surface area contributed by atoms with Crippen molar-refractivity contribution in [1.82, 2.24) is 20.1 Å². The maximum absolute atomic E-state index is 5.10. The Kier molecular flexibility index (Phi) is 7.23. The monoisotopic (exact) mass is 395 g/mol. The van der Waals surface area contributed by atoms with E-state index >= 15 is 0 Å². The van der Waals surface area contributed by atoms with Crippen molar-refractivity contribution in [1.29, 1.82) is 0 Å². The van der Waals surface area contributed by atoms with Gasteiger partial charge in [-0.15, -0.1) is 11.3 Å². The fourth-order valence-electron chi connectivity index (χ4n) is 4.14. The molecule has 0 unspecified atom stereocenters. The van der Waals surface area contributed by atoms with E-state index < -0.39 is 0 Å². The Morgan fingerprint density at radius 2 is 2.08 bits per heavy atom. The molecule has 0 bridgehead atoms. The number of aliphatic imine (C=N–C) groups is 1. The van der Waals surface area contributed by atoms with E-state index in [1.54, 1.807) is 11.3 Å². The second kappa shape index (κ2) is 9.42. The normalized spacial score (nSPS) is 21.1. The molecule has 146 valence electrons. The molecule has 0 spiro atoms. The van der Waals surface area contributed by atoms with Gasteiger partial charge < -0.3 is 10.2 Å². The third-order valence-corrected chi connectivity index (χ3v) is 7.27. The number of aromatic nitrogens is 1. The minimum Gasteiger partial charge on any atom is -0.357 e. The summed E-state index contributed by atoms with van der Waals surface area (Å²) in [4.78, 5) is 14.7. The number of hydrogen-bond acceptors (Lipinski definition) is 5. The number of rotatable bonds is 6. The summed E-state index contributed by atoms with van der Waals surface area (Å²) >= 11 is 3.81. The highest BCUT2D eigenvalue weighted by Gasteiger charge is 2.40. The zero-order valence-electron chi connectivity index (χ0n) is 16.5. The van der Waals surface area contributed by atoms with Gasteiger partial charge in [-0.1, -0.05) is 12.8 Å². The van der Waals surface area contributed by atoms with Gasteiger partial charge in [0, 0.05) is 49.1 Å². The lowest BCUT2D eigenvalue weighted by Gasteiger charge is -2.42. The van der Waals surface area contributed by atoms with Gasteiger partial charge in [0.1, 0.15) is 0 Å². The Morgan fingerprint density at radius 3 is 2.69 bits per heavy atom. The van der Waals surface area contributed by atoms with E-state index in [4.69, 9.17) is 4.99 Å². The van der Waals surface area contributed by atoms with Crippen LogP contribution in [0.5, 0.6) is 0 Å². The van der Waals surface area contributed by atoms with Crippen molar-refractivity contribution in [2.24, 2.45) is 4.99 Å². The molecule has 2 heterocycles. The van der Waals surface area contributed by atoms with E-state index in [1.807, 2.05) is 0 Å². The summed E-state index contributed by atoms with van der Waals surface area (Å²) in [5, 5.41) is 6.76. The van der Waals surface area contributed by atoms with Gasteiger partial charge in [-0.2, -0.15) is 11.8 Å². The molecule has 1 aromatic heterocycles. The number of aryl methyl sites for hydroxylation is 1. The van der Waals surface area contributed by atoms with Crippen LogP contribution in [-0.4, -0.2) is 71.0 Å². The molecule has 1 aliphatic carbocycles. The molecule has 1 aliphatic heterocycles. The van der Waals surface area contributed by atoms with Crippen molar-refractivity contribution in [3.8, 4) is 0 Å². The van der Waals surface area contributed by atoms with E-state index in [0.717, 1.165) is 36.3 Å². The lowest BCUT2D eigenvalue weighted by Crippen LogP contribution is -2.53. The van der Waals surface area contributed by atoms with Crippen LogP contribution in [0, 0.1) is 6.92 Å². The summed E-state index contributed by atoms with van der Waals surface area (Å²) in [6, 6.07) is 0. The first-order valence-electron chi connectivity index (χ1n) is 9.86. The molecule has 1 N–H and O–H groups in total. The quantitative estimate of drug-likeness (QED) is 0.592. The molecule has 0 atom stereocenters. The topological polar surface area (TPSA) is 43.8 Å². The van der Waals surface area contributed by atoms with Gasteiger partial charge in [0.25, 0.3) is 0 Å². The Bertz CT molecular complexity index is 589. The first kappa shape index (κ1) is 20.0. The van der Waals surface area contributed by atoms with E-state index in [0.29, 0.717) is 5.54 Å². The first-order valence-corrected chi connectivity index (χ1v) is 11.9. The molecule has 5 nitrogen and oxygen atoms in total. The summed E-state index contributed by atoms with van der Waals surface area (Å²) in [5.74, 6) is 3.55. The number of nitrogens with one attached hydrogen (secondary N) is 1. The molecule has 2 fully saturated rings. The highest BCUT2D eigenvalue weighted by molar-refractivity contribution is 7.99. The molecule has 1 aromatic rings. The van der Waals surface area contributed by atoms with Crippen molar-refractivity contribution >= 4 is 29.1 Å². The first-order chi connectivity index (χ1) is 12.6. The maximum atomic E-state index is 5.10. The predicted molar refractivity (Wildman–Crippen MR) is 114 cm³/mol. The molecule has 7 heteroatoms. The van der Waals surface area contributed by atoms with Gasteiger partial charge >= 0.3 is 0 Å². The van der Waals surface area contributed by atoms with Crippen LogP contribution < -0.4 is 5.32 Å². The number of thiazole rings is 1. The summed E-state index contributed by atoms with van der Waals surface area (Å²) in [6.45, 7) is 9.28. The largest absolute Gasteiger partial charge is 0.357 e. The van der Waals surface area contributed by atoms with Crippen molar-refractivity contribution in [2.45, 2.75) is 51.6 Å². The Hall–Kier alpha value is -0.790. The van der Waals surface area contributed by atoms with E-state index in [1.165, 1.54) is 50.3 Å². The van der Waals surface area contributed by atoms with Crippen LogP contribution in [0.3, 0.4) is 0 Å². The lowest BCUT2D eigenvalue weighted by molar-refractivity contribution is 0.112. The Balaban J connectivity index is 1.69. The fraction of sp³-hybridized carbons (Fsp3) is 0.789. The summed E-state index contributed by atoms with van der Waals surface area (Å²) in [7, 11) is 2.12. The average molecular weight is 396 g/mol. The molecule has 2 aliphatic rings. The minimum atomic E-state index is 0.291. The smallest absolute Gasteiger partial charge is 0.194 e. The zero-order chi connectivity index (χ0) is 18.4. The molecule has 3 rings (SSSR count). The summed E-state index contributed by atoms with van der Waals surface area (Å²) in [6.07, 6.45) is 5.30. The van der Waals surface area contributed by atoms with Crippen LogP contribution in [0.4, 0.5) is 0 Å². The predicted octanol–water partition coefficient (Wildman–Crippen LogP) is 3.21. The Morgan fingerprint density at radius 1 is 1.35 bits per heavy atom. The number of guanidine groups is 1. The summed E-state index contributed by atoms with van der Waals surface area (Å²) < 4.78 is 0. The molecule has 0 amide bonds. The maximum Gasteiger partial charge on any atom is 0.194 e. The van der Waals surface area contributed by atoms with E-state index in [-0.39, 0.29) is 0 Å². The fourth-order valence-corrected chi connectivity index (χ4v) is 5.64. The molecule has 0 aromatic carbocycles. The van der Waals surface area contributed by atoms with Gasteiger partial charge in [0.15, 0.2) is 5.96 Å². The minimum absolute atomic E-state index is 0.291. The SMILES string of the molecule is CCNC(=NCC1(N2CCSCC2)CCCC1)N(C)Cc1csc(C)n1. The number of hydrogen-bond donors (Lipinski definition) is 1. The molecular weight excluding hydrogens is 362 g/mol. The second-order valence-electron chi connectivity index (χ2n) is 7.41. The highest BCUT2D eigenvalue weighted by atomic mass is 32.2. The van der Waals surface area contributed by atoms with Crippen molar-refractivity contribution < 1.29 is 0 Å². The zero-order valence-corrected chi connectivity index (χ0v) is 18.1. The number of nitrogens with zero attached hydrogens (tertiary/aromatic N) is 4.